The van der Waals surface area contributed by atoms with Gasteiger partial charge in [-0.2, -0.15) is 4.98 Å². The maximum atomic E-state index is 14.2. The molecule has 0 radical (unpaired) electrons. The van der Waals surface area contributed by atoms with Crippen molar-refractivity contribution in [1.29, 1.82) is 0 Å². The number of nitrogens with zero attached hydrogens (tertiary/aromatic N) is 4. The third kappa shape index (κ3) is 6.35. The Bertz CT molecular complexity index is 1390. The Morgan fingerprint density at radius 1 is 1.24 bits per heavy atom. The van der Waals surface area contributed by atoms with Gasteiger partial charge < -0.3 is 39.5 Å². The number of anilines is 1. The molecule has 0 spiro atoms. The lowest BCUT2D eigenvalue weighted by atomic mass is 10.1. The van der Waals surface area contributed by atoms with Crippen LogP contribution in [0.5, 0.6) is 0 Å². The van der Waals surface area contributed by atoms with E-state index >= 15 is 0 Å². The van der Waals surface area contributed by atoms with Crippen molar-refractivity contribution in [3.05, 3.63) is 52.8 Å². The number of fused-ring (bicyclic) bond motifs is 1. The maximum absolute atomic E-state index is 14.2. The normalized spacial score (nSPS) is 24.8. The SMILES string of the molecule is C[C@H](Nc1nc(Cl)nn2c(C3OC(COP(=O)(O)CP(=O)(O)O)C(O)C3O)cnc12)c1ccccc1F. The largest absolute Gasteiger partial charge is 0.387 e. The summed E-state index contributed by atoms with van der Waals surface area (Å²) in [6, 6.07) is 5.61. The van der Waals surface area contributed by atoms with E-state index in [4.69, 9.17) is 30.6 Å². The number of aliphatic hydroxyl groups is 2. The van der Waals surface area contributed by atoms with Gasteiger partial charge in [0.1, 0.15) is 30.2 Å². The molecule has 6 atom stereocenters. The average Bonchev–Trinajstić information content (AvgIpc) is 3.32. The summed E-state index contributed by atoms with van der Waals surface area (Å²) in [4.78, 5) is 35.8. The fourth-order valence-electron chi connectivity index (χ4n) is 3.87. The Morgan fingerprint density at radius 2 is 1.95 bits per heavy atom. The predicted molar refractivity (Wildman–Crippen MR) is 127 cm³/mol. The summed E-state index contributed by atoms with van der Waals surface area (Å²) >= 11 is 6.09. The van der Waals surface area contributed by atoms with Crippen LogP contribution >= 0.6 is 26.8 Å². The lowest BCUT2D eigenvalue weighted by Crippen LogP contribution is -2.33. The van der Waals surface area contributed by atoms with Crippen molar-refractivity contribution in [3.63, 3.8) is 0 Å². The summed E-state index contributed by atoms with van der Waals surface area (Å²) in [5.74, 6) is -1.70. The summed E-state index contributed by atoms with van der Waals surface area (Å²) in [5, 5.41) is 27.8. The first-order valence-corrected chi connectivity index (χ1v) is 14.6. The summed E-state index contributed by atoms with van der Waals surface area (Å²) in [6.45, 7) is 0.952. The smallest absolute Gasteiger partial charge is 0.340 e. The minimum absolute atomic E-state index is 0.136. The molecular weight excluding hydrogens is 559 g/mol. The van der Waals surface area contributed by atoms with Crippen LogP contribution in [0, 0.1) is 5.82 Å². The average molecular weight is 582 g/mol. The molecule has 14 nitrogen and oxygen atoms in total. The van der Waals surface area contributed by atoms with Crippen LogP contribution in [0.25, 0.3) is 5.65 Å². The van der Waals surface area contributed by atoms with Crippen LogP contribution in [0.15, 0.2) is 30.5 Å². The van der Waals surface area contributed by atoms with Crippen molar-refractivity contribution in [3.8, 4) is 0 Å². The zero-order chi connectivity index (χ0) is 27.1. The monoisotopic (exact) mass is 581 g/mol. The van der Waals surface area contributed by atoms with E-state index in [0.29, 0.717) is 5.56 Å². The summed E-state index contributed by atoms with van der Waals surface area (Å²) in [7, 11) is -9.57. The molecule has 1 aliphatic heterocycles. The van der Waals surface area contributed by atoms with E-state index in [1.54, 1.807) is 25.1 Å². The number of aromatic nitrogens is 4. The van der Waals surface area contributed by atoms with E-state index in [1.807, 2.05) is 0 Å². The molecule has 5 unspecified atom stereocenters. The van der Waals surface area contributed by atoms with Crippen LogP contribution in [0.4, 0.5) is 10.2 Å². The highest BCUT2D eigenvalue weighted by Crippen LogP contribution is 2.55. The lowest BCUT2D eigenvalue weighted by Gasteiger charge is -2.18. The van der Waals surface area contributed by atoms with Gasteiger partial charge in [-0.3, -0.25) is 9.13 Å². The molecule has 1 aromatic carbocycles. The Labute approximate surface area is 213 Å². The van der Waals surface area contributed by atoms with Crippen LogP contribution in [0.3, 0.4) is 0 Å². The first-order chi connectivity index (χ1) is 17.3. The van der Waals surface area contributed by atoms with Gasteiger partial charge in [0.25, 0.3) is 0 Å². The predicted octanol–water partition coefficient (Wildman–Crippen LogP) is 1.59. The van der Waals surface area contributed by atoms with Crippen LogP contribution < -0.4 is 5.32 Å². The van der Waals surface area contributed by atoms with Gasteiger partial charge in [-0.25, -0.2) is 13.9 Å². The minimum Gasteiger partial charge on any atom is -0.387 e. The fourth-order valence-corrected chi connectivity index (χ4v) is 6.60. The van der Waals surface area contributed by atoms with Crippen molar-refractivity contribution in [1.82, 2.24) is 19.6 Å². The first kappa shape index (κ1) is 28.0. The number of halogens is 2. The number of hydrogen-bond donors (Lipinski definition) is 6. The number of ether oxygens (including phenoxy) is 1. The van der Waals surface area contributed by atoms with Gasteiger partial charge in [-0.05, 0) is 24.6 Å². The molecule has 202 valence electrons. The quantitative estimate of drug-likeness (QED) is 0.199. The number of aliphatic hydroxyl groups excluding tert-OH is 2. The highest BCUT2D eigenvalue weighted by molar-refractivity contribution is 7.70. The molecule has 0 bridgehead atoms. The summed E-state index contributed by atoms with van der Waals surface area (Å²) in [5.41, 5.74) is 0.647. The molecule has 0 amide bonds. The molecule has 0 aliphatic carbocycles. The minimum atomic E-state index is -4.85. The summed E-state index contributed by atoms with van der Waals surface area (Å²) in [6.07, 6.45) is -4.45. The molecule has 18 heteroatoms. The van der Waals surface area contributed by atoms with Crippen molar-refractivity contribution < 1.29 is 47.7 Å². The van der Waals surface area contributed by atoms with Crippen LogP contribution in [0.1, 0.15) is 30.3 Å². The van der Waals surface area contributed by atoms with E-state index in [1.165, 1.54) is 16.8 Å². The summed E-state index contributed by atoms with van der Waals surface area (Å²) < 4.78 is 48.7. The van der Waals surface area contributed by atoms with E-state index in [2.05, 4.69) is 20.4 Å². The Hall–Kier alpha value is -2.03. The van der Waals surface area contributed by atoms with Crippen LogP contribution in [0.2, 0.25) is 5.28 Å². The third-order valence-corrected chi connectivity index (χ3v) is 9.16. The molecular formula is C19H23ClFN5O9P2. The number of nitrogens with one attached hydrogen (secondary N) is 1. The second-order valence-corrected chi connectivity index (χ2v) is 12.7. The van der Waals surface area contributed by atoms with E-state index in [-0.39, 0.29) is 22.4 Å². The molecule has 1 fully saturated rings. The zero-order valence-corrected chi connectivity index (χ0v) is 21.5. The van der Waals surface area contributed by atoms with Gasteiger partial charge in [-0.1, -0.05) is 18.2 Å². The standard InChI is InChI=1S/C19H23ClFN5O9P2/c1-9(10-4-2-3-5-11(10)21)23-17-18-22-6-12(26(18)25-19(20)24-17)16-15(28)14(27)13(35-16)7-34-37(32,33)8-36(29,30)31/h2-6,9,13-16,27-28H,7-8H2,1H3,(H,32,33)(H,23,24,25)(H2,29,30,31)/t9-,13?,14?,15?,16?/m0/s1. The van der Waals surface area contributed by atoms with Crippen molar-refractivity contribution in [2.24, 2.45) is 0 Å². The number of imidazole rings is 1. The molecule has 3 aromatic rings. The van der Waals surface area contributed by atoms with Gasteiger partial charge in [0.15, 0.2) is 17.4 Å². The molecule has 1 aliphatic rings. The number of benzene rings is 1. The molecule has 6 N–H and O–H groups in total. The van der Waals surface area contributed by atoms with Gasteiger partial charge in [0.2, 0.25) is 5.28 Å². The van der Waals surface area contributed by atoms with E-state index in [0.717, 1.165) is 0 Å². The highest BCUT2D eigenvalue weighted by atomic mass is 35.5. The van der Waals surface area contributed by atoms with E-state index < -0.39 is 64.0 Å². The molecule has 0 saturated carbocycles. The molecule has 4 rings (SSSR count). The lowest BCUT2D eigenvalue weighted by molar-refractivity contribution is -0.0204. The maximum Gasteiger partial charge on any atom is 0.340 e. The molecule has 2 aromatic heterocycles. The molecule has 1 saturated heterocycles. The molecule has 3 heterocycles. The van der Waals surface area contributed by atoms with Crippen molar-refractivity contribution in [2.75, 3.05) is 17.8 Å². The topological polar surface area (TPSA) is 209 Å². The second kappa shape index (κ2) is 10.6. The van der Waals surface area contributed by atoms with Gasteiger partial charge in [0, 0.05) is 5.56 Å². The third-order valence-electron chi connectivity index (χ3n) is 5.55. The van der Waals surface area contributed by atoms with Crippen LogP contribution in [-0.2, 0) is 18.4 Å². The van der Waals surface area contributed by atoms with Gasteiger partial charge in [-0.15, -0.1) is 5.10 Å². The van der Waals surface area contributed by atoms with Crippen molar-refractivity contribution >= 4 is 38.3 Å². The first-order valence-electron chi connectivity index (χ1n) is 10.7. The van der Waals surface area contributed by atoms with Crippen LogP contribution in [-0.4, -0.2) is 75.3 Å². The second-order valence-electron chi connectivity index (χ2n) is 8.35. The van der Waals surface area contributed by atoms with E-state index in [9.17, 15) is 28.6 Å². The van der Waals surface area contributed by atoms with Gasteiger partial charge in [0.05, 0.1) is 24.5 Å². The number of hydrogen-bond acceptors (Lipinski definition) is 10. The fraction of sp³-hybridized carbons (Fsp3) is 0.421. The Kier molecular flexibility index (Phi) is 8.03. The number of rotatable bonds is 9. The Morgan fingerprint density at radius 3 is 2.62 bits per heavy atom. The van der Waals surface area contributed by atoms with Gasteiger partial charge >= 0.3 is 15.2 Å². The highest BCUT2D eigenvalue weighted by Gasteiger charge is 2.46. The Balaban J connectivity index is 1.56. The van der Waals surface area contributed by atoms with Crippen molar-refractivity contribution in [2.45, 2.75) is 37.4 Å². The molecule has 37 heavy (non-hydrogen) atoms. The zero-order valence-electron chi connectivity index (χ0n) is 19.0.